The van der Waals surface area contributed by atoms with Gasteiger partial charge >= 0.3 is 0 Å². The molecule has 1 saturated carbocycles. The monoisotopic (exact) mass is 448 g/mol. The summed E-state index contributed by atoms with van der Waals surface area (Å²) in [5.41, 5.74) is 0. The molecule has 5 nitrogen and oxygen atoms in total. The molecule has 0 unspecified atom stereocenters. The van der Waals surface area contributed by atoms with Gasteiger partial charge in [-0.3, -0.25) is 4.79 Å². The zero-order valence-corrected chi connectivity index (χ0v) is 17.6. The highest BCUT2D eigenvalue weighted by molar-refractivity contribution is 9.11. The average Bonchev–Trinajstić information content (AvgIpc) is 3.04. The minimum absolute atomic E-state index is 0.0735. The van der Waals surface area contributed by atoms with Gasteiger partial charge in [-0.25, -0.2) is 8.42 Å². The number of nitrogens with zero attached hydrogens (tertiary/aromatic N) is 1. The van der Waals surface area contributed by atoms with Gasteiger partial charge < -0.3 is 5.32 Å². The Morgan fingerprint density at radius 3 is 2.48 bits per heavy atom. The van der Waals surface area contributed by atoms with E-state index in [1.54, 1.807) is 12.1 Å². The third kappa shape index (κ3) is 4.46. The van der Waals surface area contributed by atoms with E-state index in [0.717, 1.165) is 10.2 Å². The number of amides is 1. The summed E-state index contributed by atoms with van der Waals surface area (Å²) in [6.45, 7) is 3.03. The van der Waals surface area contributed by atoms with E-state index < -0.39 is 10.0 Å². The van der Waals surface area contributed by atoms with Crippen molar-refractivity contribution in [3.8, 4) is 0 Å². The molecule has 1 N–H and O–H groups in total. The topological polar surface area (TPSA) is 66.5 Å². The molecular weight excluding hydrogens is 424 g/mol. The molecule has 2 heterocycles. The number of rotatable bonds is 4. The van der Waals surface area contributed by atoms with Crippen LogP contribution in [0.2, 0.25) is 0 Å². The molecule has 0 bridgehead atoms. The van der Waals surface area contributed by atoms with Crippen molar-refractivity contribution in [1.82, 2.24) is 9.62 Å². The molecule has 1 aliphatic carbocycles. The molecule has 1 amide bonds. The Morgan fingerprint density at radius 2 is 1.88 bits per heavy atom. The Balaban J connectivity index is 1.55. The summed E-state index contributed by atoms with van der Waals surface area (Å²) in [5.74, 6) is 0.570. The molecule has 0 aromatic carbocycles. The zero-order chi connectivity index (χ0) is 18.0. The van der Waals surface area contributed by atoms with Crippen molar-refractivity contribution < 1.29 is 13.2 Å². The highest BCUT2D eigenvalue weighted by Crippen LogP contribution is 2.31. The lowest BCUT2D eigenvalue weighted by atomic mass is 9.85. The van der Waals surface area contributed by atoms with Gasteiger partial charge in [0.2, 0.25) is 5.91 Å². The smallest absolute Gasteiger partial charge is 0.252 e. The summed E-state index contributed by atoms with van der Waals surface area (Å²) >= 11 is 4.54. The molecule has 2 fully saturated rings. The maximum absolute atomic E-state index is 12.7. The molecule has 0 spiro atoms. The normalized spacial score (nSPS) is 26.5. The number of carbonyl (C=O) groups excluding carboxylic acids is 1. The van der Waals surface area contributed by atoms with Crippen LogP contribution in [0.25, 0.3) is 0 Å². The van der Waals surface area contributed by atoms with Crippen molar-refractivity contribution in [2.24, 2.45) is 11.8 Å². The number of thiophene rings is 1. The van der Waals surface area contributed by atoms with Crippen LogP contribution in [0, 0.1) is 11.8 Å². The highest BCUT2D eigenvalue weighted by atomic mass is 79.9. The fourth-order valence-electron chi connectivity index (χ4n) is 3.75. The number of hydrogen-bond acceptors (Lipinski definition) is 4. The molecule has 8 heteroatoms. The summed E-state index contributed by atoms with van der Waals surface area (Å²) < 4.78 is 28.0. The number of nitrogens with one attached hydrogen (secondary N) is 1. The third-order valence-corrected chi connectivity index (χ3v) is 9.40. The Bertz CT molecular complexity index is 711. The van der Waals surface area contributed by atoms with Gasteiger partial charge in [-0.2, -0.15) is 4.31 Å². The number of piperidine rings is 1. The van der Waals surface area contributed by atoms with Crippen LogP contribution in [0.15, 0.2) is 20.1 Å². The van der Waals surface area contributed by atoms with Crippen LogP contribution in [0.4, 0.5) is 0 Å². The molecular formula is C17H25BrN2O3S2. The number of carbonyl (C=O) groups is 1. The van der Waals surface area contributed by atoms with Crippen LogP contribution in [0.5, 0.6) is 0 Å². The zero-order valence-electron chi connectivity index (χ0n) is 14.4. The second-order valence-electron chi connectivity index (χ2n) is 7.11. The fraction of sp³-hybridized carbons (Fsp3) is 0.706. The predicted octanol–water partition coefficient (Wildman–Crippen LogP) is 3.61. The van der Waals surface area contributed by atoms with Crippen LogP contribution in [0.3, 0.4) is 0 Å². The van der Waals surface area contributed by atoms with E-state index in [0.29, 0.717) is 36.1 Å². The Hall–Kier alpha value is -0.440. The van der Waals surface area contributed by atoms with Gasteiger partial charge in [0.25, 0.3) is 10.0 Å². The first-order valence-electron chi connectivity index (χ1n) is 8.94. The second-order valence-corrected chi connectivity index (χ2v) is 11.7. The van der Waals surface area contributed by atoms with E-state index in [1.165, 1.54) is 34.9 Å². The minimum Gasteiger partial charge on any atom is -0.353 e. The van der Waals surface area contributed by atoms with Crippen molar-refractivity contribution >= 4 is 43.2 Å². The van der Waals surface area contributed by atoms with E-state index in [9.17, 15) is 13.2 Å². The largest absolute Gasteiger partial charge is 0.353 e. The SMILES string of the molecule is C[C@H]1CCCC[C@H]1NC(=O)C1CCN(S(=O)(=O)c2ccc(Br)s2)CC1. The predicted molar refractivity (Wildman–Crippen MR) is 103 cm³/mol. The van der Waals surface area contributed by atoms with Crippen LogP contribution in [0.1, 0.15) is 45.4 Å². The van der Waals surface area contributed by atoms with Crippen molar-refractivity contribution in [3.05, 3.63) is 15.9 Å². The average molecular weight is 449 g/mol. The Labute approximate surface area is 162 Å². The van der Waals surface area contributed by atoms with E-state index in [4.69, 9.17) is 0 Å². The lowest BCUT2D eigenvalue weighted by Gasteiger charge is -2.33. The minimum atomic E-state index is -3.44. The van der Waals surface area contributed by atoms with Crippen molar-refractivity contribution in [2.45, 2.75) is 55.7 Å². The maximum Gasteiger partial charge on any atom is 0.252 e. The third-order valence-electron chi connectivity index (χ3n) is 5.41. The first kappa shape index (κ1) is 19.3. The van der Waals surface area contributed by atoms with Gasteiger partial charge in [0, 0.05) is 25.0 Å². The summed E-state index contributed by atoms with van der Waals surface area (Å²) in [5, 5.41) is 3.22. The first-order chi connectivity index (χ1) is 11.9. The van der Waals surface area contributed by atoms with Crippen LogP contribution >= 0.6 is 27.3 Å². The molecule has 1 aromatic heterocycles. The first-order valence-corrected chi connectivity index (χ1v) is 12.0. The second kappa shape index (κ2) is 8.06. The van der Waals surface area contributed by atoms with Gasteiger partial charge in [0.15, 0.2) is 0 Å². The summed E-state index contributed by atoms with van der Waals surface area (Å²) in [6.07, 6.45) is 5.87. The lowest BCUT2D eigenvalue weighted by molar-refractivity contribution is -0.127. The Kier molecular flexibility index (Phi) is 6.23. The molecule has 1 aliphatic heterocycles. The van der Waals surface area contributed by atoms with Gasteiger partial charge in [-0.05, 0) is 59.7 Å². The maximum atomic E-state index is 12.7. The van der Waals surface area contributed by atoms with Crippen molar-refractivity contribution in [3.63, 3.8) is 0 Å². The van der Waals surface area contributed by atoms with Gasteiger partial charge in [0.05, 0.1) is 3.79 Å². The standard InChI is InChI=1S/C17H25BrN2O3S2/c1-12-4-2-3-5-14(12)19-17(21)13-8-10-20(11-9-13)25(22,23)16-7-6-15(18)24-16/h6-7,12-14H,2-5,8-11H2,1H3,(H,19,21)/t12-,14+/m0/s1. The van der Waals surface area contributed by atoms with Crippen LogP contribution in [-0.2, 0) is 14.8 Å². The molecule has 1 aromatic rings. The van der Waals surface area contributed by atoms with Gasteiger partial charge in [-0.15, -0.1) is 11.3 Å². The van der Waals surface area contributed by atoms with Gasteiger partial charge in [0.1, 0.15) is 4.21 Å². The summed E-state index contributed by atoms with van der Waals surface area (Å²) in [6, 6.07) is 3.67. The van der Waals surface area contributed by atoms with Gasteiger partial charge in [-0.1, -0.05) is 19.8 Å². The molecule has 25 heavy (non-hydrogen) atoms. The number of halogens is 1. The molecule has 2 aliphatic rings. The molecule has 3 rings (SSSR count). The van der Waals surface area contributed by atoms with Crippen molar-refractivity contribution in [2.75, 3.05) is 13.1 Å². The highest BCUT2D eigenvalue weighted by Gasteiger charge is 2.34. The van der Waals surface area contributed by atoms with E-state index >= 15 is 0 Å². The molecule has 140 valence electrons. The number of hydrogen-bond donors (Lipinski definition) is 1. The summed E-state index contributed by atoms with van der Waals surface area (Å²) in [7, 11) is -3.44. The molecule has 0 radical (unpaired) electrons. The van der Waals surface area contributed by atoms with E-state index in [-0.39, 0.29) is 17.9 Å². The van der Waals surface area contributed by atoms with Crippen LogP contribution < -0.4 is 5.32 Å². The Morgan fingerprint density at radius 1 is 1.20 bits per heavy atom. The van der Waals surface area contributed by atoms with Crippen LogP contribution in [-0.4, -0.2) is 37.8 Å². The fourth-order valence-corrected chi connectivity index (χ4v) is 7.39. The molecule has 1 saturated heterocycles. The van der Waals surface area contributed by atoms with E-state index in [2.05, 4.69) is 28.2 Å². The van der Waals surface area contributed by atoms with Crippen molar-refractivity contribution in [1.29, 1.82) is 0 Å². The summed E-state index contributed by atoms with van der Waals surface area (Å²) in [4.78, 5) is 12.6. The molecule has 2 atom stereocenters. The quantitative estimate of drug-likeness (QED) is 0.764. The number of sulfonamides is 1. The van der Waals surface area contributed by atoms with E-state index in [1.807, 2.05) is 0 Å². The lowest BCUT2D eigenvalue weighted by Crippen LogP contribution is -2.47.